The fourth-order valence-corrected chi connectivity index (χ4v) is 8.16. The third kappa shape index (κ3) is 6.02. The third-order valence-corrected chi connectivity index (χ3v) is 10.3. The summed E-state index contributed by atoms with van der Waals surface area (Å²) in [6.07, 6.45) is 10.6. The molecule has 0 bridgehead atoms. The first kappa shape index (κ1) is 26.2. The minimum absolute atomic E-state index is 0.0580. The van der Waals surface area contributed by atoms with Crippen molar-refractivity contribution >= 4 is 17.5 Å². The summed E-state index contributed by atoms with van der Waals surface area (Å²) >= 11 is 6.69. The van der Waals surface area contributed by atoms with Gasteiger partial charge in [-0.3, -0.25) is 14.8 Å². The van der Waals surface area contributed by atoms with Crippen molar-refractivity contribution in [2.75, 3.05) is 0 Å². The smallest absolute Gasteiger partial charge is 0.293 e. The number of rotatable bonds is 7. The molecule has 9 unspecified atom stereocenters. The number of hydrogen-bond donors (Lipinski definition) is 2. The van der Waals surface area contributed by atoms with Gasteiger partial charge in [0.05, 0.1) is 0 Å². The topological polar surface area (TPSA) is 71.0 Å². The molecule has 36 heavy (non-hydrogen) atoms. The molecule has 1 aromatic rings. The van der Waals surface area contributed by atoms with E-state index in [1.165, 1.54) is 6.26 Å². The van der Waals surface area contributed by atoms with Gasteiger partial charge in [-0.25, -0.2) is 8.78 Å². The molecule has 1 amide bonds. The van der Waals surface area contributed by atoms with Gasteiger partial charge >= 0.3 is 0 Å². The lowest BCUT2D eigenvalue weighted by atomic mass is 9.66. The Hall–Kier alpha value is -1.37. The van der Waals surface area contributed by atoms with Gasteiger partial charge < -0.3 is 9.73 Å². The molecule has 8 heteroatoms. The largest absolute Gasteiger partial charge is 0.432 e. The number of carbonyl (C=O) groups is 1. The van der Waals surface area contributed by atoms with E-state index in [2.05, 4.69) is 5.32 Å². The van der Waals surface area contributed by atoms with Crippen LogP contribution >= 0.6 is 11.6 Å². The second-order valence-corrected chi connectivity index (χ2v) is 13.0. The average Bonchev–Trinajstić information content (AvgIpc) is 3.61. The van der Waals surface area contributed by atoms with E-state index in [1.54, 1.807) is 6.20 Å². The monoisotopic (exact) mass is 525 g/mol. The molecule has 4 fully saturated rings. The molecule has 2 N–H and O–H groups in total. The lowest BCUT2D eigenvalue weighted by molar-refractivity contribution is -0.129. The van der Waals surface area contributed by atoms with Crippen molar-refractivity contribution in [2.45, 2.75) is 108 Å². The lowest BCUT2D eigenvalue weighted by Gasteiger charge is -2.43. The second kappa shape index (κ2) is 11.2. The number of aromatic nitrogens is 1. The first-order valence-electron chi connectivity index (χ1n) is 14.2. The Balaban J connectivity index is 1.30. The summed E-state index contributed by atoms with van der Waals surface area (Å²) < 4.78 is 35.1. The summed E-state index contributed by atoms with van der Waals surface area (Å²) in [5.41, 5.74) is 0.123. The van der Waals surface area contributed by atoms with Crippen molar-refractivity contribution in [3.8, 4) is 0 Å². The number of amides is 1. The summed E-state index contributed by atoms with van der Waals surface area (Å²) in [6.45, 7) is 2.65. The van der Waals surface area contributed by atoms with Crippen molar-refractivity contribution < 1.29 is 18.0 Å². The number of nitrogens with zero attached hydrogens (tertiary/aromatic N) is 1. The summed E-state index contributed by atoms with van der Waals surface area (Å²) in [5.74, 6) is 1.69. The van der Waals surface area contributed by atoms with Gasteiger partial charge in [-0.1, -0.05) is 6.92 Å². The molecule has 5 nitrogen and oxygen atoms in total. The Morgan fingerprint density at radius 1 is 1.11 bits per heavy atom. The van der Waals surface area contributed by atoms with Crippen molar-refractivity contribution in [3.05, 3.63) is 18.1 Å². The van der Waals surface area contributed by atoms with Crippen LogP contribution in [0.3, 0.4) is 0 Å². The molecule has 0 saturated heterocycles. The first-order chi connectivity index (χ1) is 17.3. The van der Waals surface area contributed by atoms with E-state index in [0.717, 1.165) is 51.4 Å². The number of nitrogens with one attached hydrogen (secondary N) is 2. The highest BCUT2D eigenvalue weighted by Gasteiger charge is 2.44. The molecule has 0 spiro atoms. The maximum absolute atomic E-state index is 14.1. The molecule has 0 aliphatic heterocycles. The fourth-order valence-electron chi connectivity index (χ4n) is 7.63. The molecule has 10 atom stereocenters. The van der Waals surface area contributed by atoms with E-state index < -0.39 is 12.3 Å². The highest BCUT2D eigenvalue weighted by Crippen LogP contribution is 2.46. The van der Waals surface area contributed by atoms with Crippen LogP contribution < -0.4 is 11.0 Å². The van der Waals surface area contributed by atoms with Crippen molar-refractivity contribution in [1.29, 1.82) is 5.41 Å². The van der Waals surface area contributed by atoms with E-state index in [0.29, 0.717) is 37.6 Å². The number of alkyl halides is 3. The van der Waals surface area contributed by atoms with Gasteiger partial charge in [-0.15, -0.1) is 11.6 Å². The zero-order chi connectivity index (χ0) is 25.4. The van der Waals surface area contributed by atoms with Crippen LogP contribution in [0.5, 0.6) is 0 Å². The van der Waals surface area contributed by atoms with E-state index in [4.69, 9.17) is 21.4 Å². The first-order valence-corrected chi connectivity index (χ1v) is 14.6. The van der Waals surface area contributed by atoms with Crippen LogP contribution in [0, 0.1) is 46.8 Å². The molecule has 202 valence electrons. The van der Waals surface area contributed by atoms with E-state index in [9.17, 15) is 13.6 Å². The normalized spacial score (nSPS) is 40.5. The van der Waals surface area contributed by atoms with Crippen LogP contribution in [0.15, 0.2) is 16.9 Å². The van der Waals surface area contributed by atoms with Gasteiger partial charge in [0.1, 0.15) is 18.6 Å². The van der Waals surface area contributed by atoms with Gasteiger partial charge in [0.15, 0.2) is 0 Å². The summed E-state index contributed by atoms with van der Waals surface area (Å²) in [5, 5.41) is 11.3. The second-order valence-electron chi connectivity index (χ2n) is 12.4. The maximum atomic E-state index is 14.1. The number of oxazole rings is 1. The predicted molar refractivity (Wildman–Crippen MR) is 135 cm³/mol. The third-order valence-electron chi connectivity index (χ3n) is 9.76. The molecular formula is C28H42ClF2N3O2. The predicted octanol–water partition coefficient (Wildman–Crippen LogP) is 6.01. The molecule has 0 radical (unpaired) electrons. The molecule has 4 aliphatic carbocycles. The standard InChI is InChI=1S/C28H42ClF2N3O2/c1-16-10-19(4-7-25(16)31)26(18-2-3-18)33-27(35)21-12-17(15-34-8-9-36-28(34)32)11-20(13-21)23-6-5-22(30)14-24(23)29/h8-9,16-26,32H,2-7,10-15H2,1H3,(H,33,35)/t16?,17?,19?,20?,21?,22?,23?,24?,25?,26-/m0/s1. The van der Waals surface area contributed by atoms with Crippen LogP contribution in [0.4, 0.5) is 8.78 Å². The Labute approximate surface area is 218 Å². The van der Waals surface area contributed by atoms with Gasteiger partial charge in [-0.05, 0) is 106 Å². The minimum Gasteiger partial charge on any atom is -0.432 e. The Morgan fingerprint density at radius 2 is 1.89 bits per heavy atom. The van der Waals surface area contributed by atoms with Crippen LogP contribution in [0.25, 0.3) is 0 Å². The maximum Gasteiger partial charge on any atom is 0.293 e. The lowest BCUT2D eigenvalue weighted by Crippen LogP contribution is -2.48. The van der Waals surface area contributed by atoms with Crippen LogP contribution in [-0.2, 0) is 11.3 Å². The number of carbonyl (C=O) groups excluding carboxylic acids is 1. The average molecular weight is 526 g/mol. The summed E-state index contributed by atoms with van der Waals surface area (Å²) in [4.78, 5) is 13.8. The Kier molecular flexibility index (Phi) is 8.14. The number of hydrogen-bond acceptors (Lipinski definition) is 3. The highest BCUT2D eigenvalue weighted by atomic mass is 35.5. The minimum atomic E-state index is -0.823. The van der Waals surface area contributed by atoms with Crippen molar-refractivity contribution in [2.24, 2.45) is 41.4 Å². The van der Waals surface area contributed by atoms with Crippen molar-refractivity contribution in [1.82, 2.24) is 9.88 Å². The Bertz CT molecular complexity index is 949. The summed E-state index contributed by atoms with van der Waals surface area (Å²) in [6, 6.07) is 0.150. The molecular weight excluding hydrogens is 484 g/mol. The van der Waals surface area contributed by atoms with Crippen LogP contribution in [0.1, 0.15) is 77.6 Å². The zero-order valence-corrected chi connectivity index (χ0v) is 22.1. The van der Waals surface area contributed by atoms with E-state index in [-0.39, 0.29) is 52.6 Å². The van der Waals surface area contributed by atoms with E-state index >= 15 is 0 Å². The van der Waals surface area contributed by atoms with Crippen LogP contribution in [0.2, 0.25) is 0 Å². The SMILES string of the molecule is CC1CC([C@@H](NC(=O)C2CC(Cn3ccoc3=N)CC(C3CCC(F)CC3Cl)C2)C2CC2)CCC1F. The number of halogens is 3. The van der Waals surface area contributed by atoms with Crippen LogP contribution in [-0.4, -0.2) is 34.2 Å². The molecule has 1 aromatic heterocycles. The van der Waals surface area contributed by atoms with Crippen molar-refractivity contribution in [3.63, 3.8) is 0 Å². The quantitative estimate of drug-likeness (QED) is 0.428. The molecule has 4 saturated carbocycles. The molecule has 0 aromatic carbocycles. The van der Waals surface area contributed by atoms with Gasteiger partial charge in [0, 0.05) is 30.1 Å². The summed E-state index contributed by atoms with van der Waals surface area (Å²) in [7, 11) is 0. The molecule has 1 heterocycles. The highest BCUT2D eigenvalue weighted by molar-refractivity contribution is 6.20. The fraction of sp³-hybridized carbons (Fsp3) is 0.857. The molecule has 4 aliphatic rings. The van der Waals surface area contributed by atoms with E-state index in [1.807, 2.05) is 11.5 Å². The van der Waals surface area contributed by atoms with Gasteiger partial charge in [0.25, 0.3) is 5.68 Å². The van der Waals surface area contributed by atoms with Gasteiger partial charge in [0.2, 0.25) is 5.91 Å². The zero-order valence-electron chi connectivity index (χ0n) is 21.4. The van der Waals surface area contributed by atoms with Gasteiger partial charge in [-0.2, -0.15) is 0 Å². The molecule has 5 rings (SSSR count). The Morgan fingerprint density at radius 3 is 2.56 bits per heavy atom.